The summed E-state index contributed by atoms with van der Waals surface area (Å²) in [4.78, 5) is 17.2. The zero-order chi connectivity index (χ0) is 14.4. The highest BCUT2D eigenvalue weighted by molar-refractivity contribution is 6.65. The molecule has 0 N–H and O–H groups in total. The van der Waals surface area contributed by atoms with E-state index in [-0.39, 0.29) is 0 Å². The largest absolute Gasteiger partial charge is 0.279 e. The molecule has 0 bridgehead atoms. The van der Waals surface area contributed by atoms with Gasteiger partial charge in [0, 0.05) is 0 Å². The number of carbonyl (C=O) groups is 1. The maximum absolute atomic E-state index is 11.4. The second kappa shape index (κ2) is 7.08. The Morgan fingerprint density at radius 3 is 2.20 bits per heavy atom. The van der Waals surface area contributed by atoms with Crippen molar-refractivity contribution in [1.82, 2.24) is 0 Å². The highest BCUT2D eigenvalue weighted by atomic mass is 35.5. The second-order valence-electron chi connectivity index (χ2n) is 4.40. The molecule has 0 radical (unpaired) electrons. The van der Waals surface area contributed by atoms with Gasteiger partial charge < -0.3 is 0 Å². The molecule has 0 spiro atoms. The second-order valence-corrected chi connectivity index (χ2v) is 4.77. The third-order valence-corrected chi connectivity index (χ3v) is 3.22. The van der Waals surface area contributed by atoms with Crippen molar-refractivity contribution in [2.75, 3.05) is 5.06 Å². The number of benzene rings is 2. The molecule has 0 aliphatic carbocycles. The van der Waals surface area contributed by atoms with Crippen LogP contribution >= 0.6 is 11.6 Å². The Hall–Kier alpha value is -1.84. The summed E-state index contributed by atoms with van der Waals surface area (Å²) in [6.07, 6.45) is 0. The Labute approximate surface area is 123 Å². The number of anilines is 1. The van der Waals surface area contributed by atoms with Crippen molar-refractivity contribution in [3.05, 3.63) is 66.2 Å². The SMILES string of the molecule is CC(C(=O)Cl)N(OCc1ccccc1)c1ccccc1. The fourth-order valence-electron chi connectivity index (χ4n) is 1.80. The highest BCUT2D eigenvalue weighted by Gasteiger charge is 2.21. The minimum Gasteiger partial charge on any atom is -0.279 e. The van der Waals surface area contributed by atoms with Gasteiger partial charge in [-0.25, -0.2) is 5.06 Å². The van der Waals surface area contributed by atoms with Gasteiger partial charge in [0.2, 0.25) is 5.24 Å². The van der Waals surface area contributed by atoms with Crippen molar-refractivity contribution in [3.63, 3.8) is 0 Å². The summed E-state index contributed by atoms with van der Waals surface area (Å²) < 4.78 is 0. The summed E-state index contributed by atoms with van der Waals surface area (Å²) in [5, 5.41) is 1.09. The number of hydrogen-bond donors (Lipinski definition) is 0. The van der Waals surface area contributed by atoms with Gasteiger partial charge in [-0.1, -0.05) is 48.5 Å². The summed E-state index contributed by atoms with van der Waals surface area (Å²) in [6, 6.07) is 18.7. The fourth-order valence-corrected chi connectivity index (χ4v) is 1.88. The van der Waals surface area contributed by atoms with Crippen molar-refractivity contribution < 1.29 is 9.63 Å². The van der Waals surface area contributed by atoms with Crippen molar-refractivity contribution in [3.8, 4) is 0 Å². The lowest BCUT2D eigenvalue weighted by Crippen LogP contribution is -2.37. The monoisotopic (exact) mass is 289 g/mol. The third kappa shape index (κ3) is 3.83. The third-order valence-electron chi connectivity index (χ3n) is 2.90. The van der Waals surface area contributed by atoms with E-state index >= 15 is 0 Å². The average Bonchev–Trinajstić information content (AvgIpc) is 2.49. The first-order valence-electron chi connectivity index (χ1n) is 6.39. The Bertz CT molecular complexity index is 545. The van der Waals surface area contributed by atoms with Gasteiger partial charge in [-0.3, -0.25) is 9.63 Å². The summed E-state index contributed by atoms with van der Waals surface area (Å²) in [5.41, 5.74) is 1.83. The molecule has 0 aliphatic heterocycles. The van der Waals surface area contributed by atoms with Crippen LogP contribution in [0.4, 0.5) is 5.69 Å². The van der Waals surface area contributed by atoms with Crippen molar-refractivity contribution >= 4 is 22.5 Å². The van der Waals surface area contributed by atoms with Crippen LogP contribution in [0.15, 0.2) is 60.7 Å². The van der Waals surface area contributed by atoms with Gasteiger partial charge in [-0.05, 0) is 36.2 Å². The highest BCUT2D eigenvalue weighted by Crippen LogP contribution is 2.19. The fraction of sp³-hybridized carbons (Fsp3) is 0.188. The first kappa shape index (κ1) is 14.6. The van der Waals surface area contributed by atoms with Crippen molar-refractivity contribution in [1.29, 1.82) is 0 Å². The molecule has 0 aromatic heterocycles. The molecule has 1 unspecified atom stereocenters. The molecule has 2 aromatic rings. The number of halogens is 1. The lowest BCUT2D eigenvalue weighted by molar-refractivity contribution is -0.114. The molecular formula is C16H16ClNO2. The zero-order valence-corrected chi connectivity index (χ0v) is 12.0. The molecular weight excluding hydrogens is 274 g/mol. The van der Waals surface area contributed by atoms with Gasteiger partial charge in [-0.15, -0.1) is 0 Å². The number of carbonyl (C=O) groups excluding carboxylic acids is 1. The van der Waals surface area contributed by atoms with Crippen LogP contribution in [0, 0.1) is 0 Å². The van der Waals surface area contributed by atoms with E-state index in [9.17, 15) is 4.79 Å². The van der Waals surface area contributed by atoms with Gasteiger partial charge in [0.1, 0.15) is 6.04 Å². The molecule has 0 fully saturated rings. The van der Waals surface area contributed by atoms with E-state index in [1.165, 1.54) is 0 Å². The molecule has 0 aliphatic rings. The lowest BCUT2D eigenvalue weighted by Gasteiger charge is -2.27. The van der Waals surface area contributed by atoms with Crippen LogP contribution in [0.2, 0.25) is 0 Å². The normalized spacial score (nSPS) is 11.9. The minimum atomic E-state index is -0.553. The smallest absolute Gasteiger partial charge is 0.246 e. The Morgan fingerprint density at radius 2 is 1.65 bits per heavy atom. The minimum absolute atomic E-state index is 0.379. The van der Waals surface area contributed by atoms with Gasteiger partial charge in [0.25, 0.3) is 0 Å². The van der Waals surface area contributed by atoms with Crippen LogP contribution in [-0.2, 0) is 16.2 Å². The summed E-state index contributed by atoms with van der Waals surface area (Å²) in [7, 11) is 0. The van der Waals surface area contributed by atoms with E-state index in [0.29, 0.717) is 6.61 Å². The van der Waals surface area contributed by atoms with E-state index in [1.807, 2.05) is 60.7 Å². The van der Waals surface area contributed by atoms with Gasteiger partial charge in [0.05, 0.1) is 12.3 Å². The lowest BCUT2D eigenvalue weighted by atomic mass is 10.2. The standard InChI is InChI=1S/C16H16ClNO2/c1-13(16(17)19)18(15-10-6-3-7-11-15)20-12-14-8-4-2-5-9-14/h2-11,13H,12H2,1H3. The van der Waals surface area contributed by atoms with Crippen molar-refractivity contribution in [2.24, 2.45) is 0 Å². The molecule has 0 saturated carbocycles. The molecule has 2 aromatic carbocycles. The Morgan fingerprint density at radius 1 is 1.10 bits per heavy atom. The number of nitrogens with zero attached hydrogens (tertiary/aromatic N) is 1. The number of hydrogen-bond acceptors (Lipinski definition) is 3. The van der Waals surface area contributed by atoms with Gasteiger partial charge in [-0.2, -0.15) is 0 Å². The average molecular weight is 290 g/mol. The van der Waals surface area contributed by atoms with E-state index in [2.05, 4.69) is 0 Å². The molecule has 2 rings (SSSR count). The molecule has 1 atom stereocenters. The first-order valence-corrected chi connectivity index (χ1v) is 6.77. The molecule has 0 saturated heterocycles. The molecule has 0 amide bonds. The van der Waals surface area contributed by atoms with E-state index in [1.54, 1.807) is 12.0 Å². The molecule has 4 heteroatoms. The molecule has 3 nitrogen and oxygen atoms in total. The number of para-hydroxylation sites is 1. The molecule has 0 heterocycles. The molecule has 104 valence electrons. The van der Waals surface area contributed by atoms with Gasteiger partial charge >= 0.3 is 0 Å². The topological polar surface area (TPSA) is 29.5 Å². The van der Waals surface area contributed by atoms with Crippen LogP contribution in [-0.4, -0.2) is 11.3 Å². The molecule has 20 heavy (non-hydrogen) atoms. The van der Waals surface area contributed by atoms with Crippen LogP contribution in [0.1, 0.15) is 12.5 Å². The maximum atomic E-state index is 11.4. The van der Waals surface area contributed by atoms with Crippen LogP contribution in [0.25, 0.3) is 0 Å². The summed E-state index contributed by atoms with van der Waals surface area (Å²) in [6.45, 7) is 2.09. The van der Waals surface area contributed by atoms with E-state index < -0.39 is 11.3 Å². The maximum Gasteiger partial charge on any atom is 0.246 e. The number of rotatable bonds is 6. The summed E-state index contributed by atoms with van der Waals surface area (Å²) >= 11 is 5.59. The van der Waals surface area contributed by atoms with E-state index in [4.69, 9.17) is 16.4 Å². The quantitative estimate of drug-likeness (QED) is 0.599. The van der Waals surface area contributed by atoms with Crippen LogP contribution in [0.3, 0.4) is 0 Å². The predicted molar refractivity (Wildman–Crippen MR) is 80.5 cm³/mol. The Kier molecular flexibility index (Phi) is 5.16. The first-order chi connectivity index (χ1) is 9.68. The van der Waals surface area contributed by atoms with Gasteiger partial charge in [0.15, 0.2) is 0 Å². The zero-order valence-electron chi connectivity index (χ0n) is 11.2. The van der Waals surface area contributed by atoms with E-state index in [0.717, 1.165) is 11.3 Å². The van der Waals surface area contributed by atoms with Crippen LogP contribution in [0.5, 0.6) is 0 Å². The predicted octanol–water partition coefficient (Wildman–Crippen LogP) is 3.78. The summed E-state index contributed by atoms with van der Waals surface area (Å²) in [5.74, 6) is 0. The Balaban J connectivity index is 2.13. The van der Waals surface area contributed by atoms with Crippen LogP contribution < -0.4 is 5.06 Å². The van der Waals surface area contributed by atoms with Crippen molar-refractivity contribution in [2.45, 2.75) is 19.6 Å². The number of hydroxylamine groups is 1.